The molecule has 3 aromatic rings. The van der Waals surface area contributed by atoms with Gasteiger partial charge in [-0.25, -0.2) is 9.18 Å². The first-order chi connectivity index (χ1) is 15.3. The highest BCUT2D eigenvalue weighted by atomic mass is 19.1. The Balaban J connectivity index is 1.70. The molecule has 166 valence electrons. The van der Waals surface area contributed by atoms with Crippen LogP contribution in [-0.4, -0.2) is 39.3 Å². The molecule has 0 aromatic heterocycles. The molecule has 0 aliphatic heterocycles. The summed E-state index contributed by atoms with van der Waals surface area (Å²) in [5.41, 5.74) is 5.96. The predicted molar refractivity (Wildman–Crippen MR) is 123 cm³/mol. The van der Waals surface area contributed by atoms with Crippen LogP contribution in [0.5, 0.6) is 5.75 Å². The number of aromatic hydroxyl groups is 1. The number of methoxy groups -OCH3 is 1. The number of phenols is 1. The Morgan fingerprint density at radius 3 is 2.16 bits per heavy atom. The molecular formula is C23H24FN5O3. The Kier molecular flexibility index (Phi) is 6.89. The molecule has 2 N–H and O–H groups in total. The van der Waals surface area contributed by atoms with Crippen LogP contribution in [0.2, 0.25) is 0 Å². The van der Waals surface area contributed by atoms with Crippen molar-refractivity contribution in [2.75, 3.05) is 43.6 Å². The van der Waals surface area contributed by atoms with Crippen molar-refractivity contribution in [3.63, 3.8) is 0 Å². The van der Waals surface area contributed by atoms with E-state index in [9.17, 15) is 14.3 Å². The van der Waals surface area contributed by atoms with Gasteiger partial charge in [-0.3, -0.25) is 10.4 Å². The maximum Gasteiger partial charge on any atom is 0.341 e. The molecule has 3 aromatic carbocycles. The number of ether oxygens (including phenoxy) is 1. The summed E-state index contributed by atoms with van der Waals surface area (Å²) in [6, 6.07) is 16.4. The van der Waals surface area contributed by atoms with Crippen LogP contribution < -0.4 is 15.3 Å². The average Bonchev–Trinajstić information content (AvgIpc) is 2.77. The van der Waals surface area contributed by atoms with Crippen molar-refractivity contribution >= 4 is 34.4 Å². The highest BCUT2D eigenvalue weighted by Gasteiger charge is 2.12. The van der Waals surface area contributed by atoms with Crippen molar-refractivity contribution in [3.8, 4) is 5.75 Å². The summed E-state index contributed by atoms with van der Waals surface area (Å²) in [6.07, 6.45) is 0. The van der Waals surface area contributed by atoms with Crippen LogP contribution in [0.4, 0.5) is 32.8 Å². The number of benzene rings is 3. The lowest BCUT2D eigenvalue weighted by Crippen LogP contribution is -2.25. The molecule has 0 spiro atoms. The van der Waals surface area contributed by atoms with Crippen molar-refractivity contribution < 1.29 is 19.0 Å². The Labute approximate surface area is 185 Å². The number of anilines is 3. The Hall–Kier alpha value is -4.14. The van der Waals surface area contributed by atoms with Crippen molar-refractivity contribution in [2.45, 2.75) is 0 Å². The Morgan fingerprint density at radius 2 is 1.59 bits per heavy atom. The van der Waals surface area contributed by atoms with E-state index in [1.54, 1.807) is 24.2 Å². The highest BCUT2D eigenvalue weighted by molar-refractivity contribution is 5.92. The monoisotopic (exact) mass is 437 g/mol. The van der Waals surface area contributed by atoms with Crippen molar-refractivity contribution in [1.29, 1.82) is 0 Å². The van der Waals surface area contributed by atoms with Gasteiger partial charge < -0.3 is 14.7 Å². The number of phenolic OH excluding ortho intramolecular Hbond substituents is 1. The van der Waals surface area contributed by atoms with E-state index < -0.39 is 11.8 Å². The molecule has 9 heteroatoms. The van der Waals surface area contributed by atoms with Crippen LogP contribution in [0.15, 0.2) is 70.9 Å². The minimum atomic E-state index is -0.657. The maximum atomic E-state index is 14.7. The van der Waals surface area contributed by atoms with Crippen molar-refractivity contribution in [3.05, 3.63) is 72.0 Å². The van der Waals surface area contributed by atoms with E-state index in [0.717, 1.165) is 11.4 Å². The van der Waals surface area contributed by atoms with Crippen molar-refractivity contribution in [1.82, 2.24) is 0 Å². The first-order valence-electron chi connectivity index (χ1n) is 9.69. The summed E-state index contributed by atoms with van der Waals surface area (Å²) < 4.78 is 19.2. The van der Waals surface area contributed by atoms with Gasteiger partial charge in [0.05, 0.1) is 29.9 Å². The maximum absolute atomic E-state index is 14.7. The molecule has 0 amide bonds. The number of nitrogens with one attached hydrogen (secondary N) is 1. The van der Waals surface area contributed by atoms with Gasteiger partial charge in [-0.1, -0.05) is 0 Å². The van der Waals surface area contributed by atoms with E-state index in [0.29, 0.717) is 17.1 Å². The number of azo groups is 1. The van der Waals surface area contributed by atoms with E-state index >= 15 is 0 Å². The summed E-state index contributed by atoms with van der Waals surface area (Å²) in [6.45, 7) is 0. The van der Waals surface area contributed by atoms with Gasteiger partial charge in [0.2, 0.25) is 0 Å². The van der Waals surface area contributed by atoms with E-state index in [2.05, 4.69) is 20.4 Å². The minimum Gasteiger partial charge on any atom is -0.507 e. The van der Waals surface area contributed by atoms with Crippen LogP contribution >= 0.6 is 0 Å². The molecule has 0 unspecified atom stereocenters. The molecule has 0 saturated heterocycles. The first kappa shape index (κ1) is 22.5. The van der Waals surface area contributed by atoms with Crippen LogP contribution in [0, 0.1) is 5.82 Å². The van der Waals surface area contributed by atoms with Gasteiger partial charge in [-0.15, -0.1) is 0 Å². The first-order valence-corrected chi connectivity index (χ1v) is 9.69. The van der Waals surface area contributed by atoms with Crippen LogP contribution in [0.3, 0.4) is 0 Å². The van der Waals surface area contributed by atoms with Gasteiger partial charge in [0.1, 0.15) is 11.3 Å². The van der Waals surface area contributed by atoms with Crippen LogP contribution in [-0.2, 0) is 4.74 Å². The fourth-order valence-corrected chi connectivity index (χ4v) is 2.90. The fourth-order valence-electron chi connectivity index (χ4n) is 2.90. The highest BCUT2D eigenvalue weighted by Crippen LogP contribution is 2.28. The lowest BCUT2D eigenvalue weighted by molar-refractivity contribution is 0.0597. The van der Waals surface area contributed by atoms with E-state index in [4.69, 9.17) is 0 Å². The molecule has 0 aliphatic rings. The lowest BCUT2D eigenvalue weighted by atomic mass is 10.2. The van der Waals surface area contributed by atoms with Crippen LogP contribution in [0.25, 0.3) is 0 Å². The third kappa shape index (κ3) is 5.31. The number of nitrogens with zero attached hydrogens (tertiary/aromatic N) is 4. The zero-order valence-corrected chi connectivity index (χ0v) is 18.2. The zero-order chi connectivity index (χ0) is 23.3. The number of halogens is 1. The molecule has 3 rings (SSSR count). The Morgan fingerprint density at radius 1 is 0.969 bits per heavy atom. The molecular weight excluding hydrogens is 413 g/mol. The van der Waals surface area contributed by atoms with Gasteiger partial charge in [-0.2, -0.15) is 10.2 Å². The molecule has 8 nitrogen and oxygen atoms in total. The predicted octanol–water partition coefficient (Wildman–Crippen LogP) is 5.26. The number of hydrogen-bond donors (Lipinski definition) is 2. The number of esters is 1. The SMILES string of the molecule is COC(=O)c1ccc(/N=N/c2ccc(N(C)Nc3ccc(N(C)C)cc3)c(F)c2)cc1O. The van der Waals surface area contributed by atoms with Crippen LogP contribution in [0.1, 0.15) is 10.4 Å². The summed E-state index contributed by atoms with van der Waals surface area (Å²) in [5.74, 6) is -1.42. The normalized spacial score (nSPS) is 10.8. The number of hydrazine groups is 1. The molecule has 0 saturated carbocycles. The summed E-state index contributed by atoms with van der Waals surface area (Å²) in [5, 5.41) is 19.5. The second-order valence-corrected chi connectivity index (χ2v) is 7.14. The van der Waals surface area contributed by atoms with Gasteiger partial charge in [0.25, 0.3) is 0 Å². The molecule has 0 atom stereocenters. The third-order valence-corrected chi connectivity index (χ3v) is 4.64. The molecule has 0 fully saturated rings. The number of hydrogen-bond acceptors (Lipinski definition) is 8. The second-order valence-electron chi connectivity index (χ2n) is 7.14. The molecule has 0 heterocycles. The standard InChI is InChI=1S/C23H24FN5O3/c1-28(2)18-9-5-15(6-10-18)27-29(3)21-12-8-16(13-20(21)24)25-26-17-7-11-19(22(30)14-17)23(31)32-4/h5-14,27,30H,1-4H3/b26-25+. The smallest absolute Gasteiger partial charge is 0.341 e. The van der Waals surface area contributed by atoms with E-state index in [1.807, 2.05) is 43.3 Å². The minimum absolute atomic E-state index is 0.0220. The van der Waals surface area contributed by atoms with Gasteiger partial charge in [0, 0.05) is 39.0 Å². The second kappa shape index (κ2) is 9.78. The quantitative estimate of drug-likeness (QED) is 0.298. The average molecular weight is 437 g/mol. The fraction of sp³-hybridized carbons (Fsp3) is 0.174. The summed E-state index contributed by atoms with van der Waals surface area (Å²) in [7, 11) is 6.86. The van der Waals surface area contributed by atoms with E-state index in [-0.39, 0.29) is 11.3 Å². The molecule has 32 heavy (non-hydrogen) atoms. The third-order valence-electron chi connectivity index (χ3n) is 4.64. The number of carbonyl (C=O) groups is 1. The van der Waals surface area contributed by atoms with Crippen molar-refractivity contribution in [2.24, 2.45) is 10.2 Å². The van der Waals surface area contributed by atoms with E-state index in [1.165, 1.54) is 31.4 Å². The topological polar surface area (TPSA) is 89.8 Å². The molecule has 0 bridgehead atoms. The van der Waals surface area contributed by atoms with Gasteiger partial charge in [-0.05, 0) is 48.5 Å². The lowest BCUT2D eigenvalue weighted by Gasteiger charge is -2.22. The molecule has 0 aliphatic carbocycles. The largest absolute Gasteiger partial charge is 0.507 e. The number of rotatable bonds is 7. The zero-order valence-electron chi connectivity index (χ0n) is 18.2. The molecule has 0 radical (unpaired) electrons. The van der Waals surface area contributed by atoms with Gasteiger partial charge in [0.15, 0.2) is 5.82 Å². The number of carbonyl (C=O) groups excluding carboxylic acids is 1. The summed E-state index contributed by atoms with van der Waals surface area (Å²) in [4.78, 5) is 13.5. The Bertz CT molecular complexity index is 1130. The summed E-state index contributed by atoms with van der Waals surface area (Å²) >= 11 is 0. The van der Waals surface area contributed by atoms with Gasteiger partial charge >= 0.3 is 5.97 Å².